The Morgan fingerprint density at radius 1 is 0.914 bits per heavy atom. The molecule has 2 saturated heterocycles. The molecule has 0 aliphatic carbocycles. The number of hydrogen-bond acceptors (Lipinski definition) is 4. The first-order valence-corrected chi connectivity index (χ1v) is 13.0. The molecule has 0 radical (unpaired) electrons. The molecule has 0 aromatic heterocycles. The highest BCUT2D eigenvalue weighted by Crippen LogP contribution is 2.43. The fraction of sp³-hybridized carbons (Fsp3) is 0.250. The molecule has 0 unspecified atom stereocenters. The van der Waals surface area contributed by atoms with Gasteiger partial charge in [0.2, 0.25) is 15.9 Å². The molecule has 7 heteroatoms. The summed E-state index contributed by atoms with van der Waals surface area (Å²) in [4.78, 5) is 14.7. The Morgan fingerprint density at radius 3 is 2.23 bits per heavy atom. The molecule has 3 aromatic carbocycles. The quantitative estimate of drug-likeness (QED) is 0.563. The zero-order chi connectivity index (χ0) is 24.4. The van der Waals surface area contributed by atoms with E-state index in [1.807, 2.05) is 54.6 Å². The summed E-state index contributed by atoms with van der Waals surface area (Å²) < 4.78 is 27.5. The van der Waals surface area contributed by atoms with Crippen molar-refractivity contribution in [2.45, 2.75) is 29.3 Å². The van der Waals surface area contributed by atoms with Crippen LogP contribution in [-0.4, -0.2) is 60.4 Å². The summed E-state index contributed by atoms with van der Waals surface area (Å²) in [5, 5.41) is 10.0. The number of rotatable bonds is 5. The third kappa shape index (κ3) is 4.48. The van der Waals surface area contributed by atoms with Crippen molar-refractivity contribution in [2.75, 3.05) is 19.7 Å². The molecule has 1 N–H and O–H groups in total. The van der Waals surface area contributed by atoms with Gasteiger partial charge < -0.3 is 10.0 Å². The molecule has 6 nitrogen and oxygen atoms in total. The maximum Gasteiger partial charge on any atom is 0.243 e. The van der Waals surface area contributed by atoms with Crippen LogP contribution in [0.1, 0.15) is 22.6 Å². The lowest BCUT2D eigenvalue weighted by Crippen LogP contribution is -2.73. The molecule has 5 rings (SSSR count). The predicted molar refractivity (Wildman–Crippen MR) is 133 cm³/mol. The molecular weight excluding hydrogens is 460 g/mol. The summed E-state index contributed by atoms with van der Waals surface area (Å²) in [5.74, 6) is 5.94. The average molecular weight is 487 g/mol. The second-order valence-corrected chi connectivity index (χ2v) is 10.8. The second kappa shape index (κ2) is 9.67. The smallest absolute Gasteiger partial charge is 0.243 e. The molecule has 3 atom stereocenters. The van der Waals surface area contributed by atoms with E-state index in [1.165, 1.54) is 4.31 Å². The Balaban J connectivity index is 1.34. The third-order valence-corrected chi connectivity index (χ3v) is 8.59. The van der Waals surface area contributed by atoms with E-state index in [9.17, 15) is 18.3 Å². The molecule has 0 spiro atoms. The van der Waals surface area contributed by atoms with Crippen molar-refractivity contribution in [1.82, 2.24) is 9.21 Å². The highest BCUT2D eigenvalue weighted by Gasteiger charge is 2.55. The molecular formula is C28H26N2O4S. The number of fused-ring (bicyclic) bond motifs is 1. The van der Waals surface area contributed by atoms with Crippen LogP contribution >= 0.6 is 0 Å². The predicted octanol–water partition coefficient (Wildman–Crippen LogP) is 2.64. The molecule has 0 saturated carbocycles. The molecule has 178 valence electrons. The van der Waals surface area contributed by atoms with E-state index in [2.05, 4.69) is 11.8 Å². The third-order valence-electron chi connectivity index (χ3n) is 6.77. The van der Waals surface area contributed by atoms with Gasteiger partial charge >= 0.3 is 0 Å². The summed E-state index contributed by atoms with van der Waals surface area (Å²) in [5.41, 5.74) is 3.01. The summed E-state index contributed by atoms with van der Waals surface area (Å²) in [7, 11) is -3.78. The van der Waals surface area contributed by atoms with E-state index >= 15 is 0 Å². The number of piperazine rings is 1. The van der Waals surface area contributed by atoms with E-state index in [4.69, 9.17) is 0 Å². The van der Waals surface area contributed by atoms with Gasteiger partial charge in [-0.3, -0.25) is 4.79 Å². The van der Waals surface area contributed by atoms with Gasteiger partial charge in [-0.1, -0.05) is 72.5 Å². The summed E-state index contributed by atoms with van der Waals surface area (Å²) >= 11 is 0. The second-order valence-electron chi connectivity index (χ2n) is 8.84. The number of aliphatic hydroxyl groups excluding tert-OH is 1. The lowest BCUT2D eigenvalue weighted by Gasteiger charge is -2.58. The summed E-state index contributed by atoms with van der Waals surface area (Å²) in [6.07, 6.45) is 0.669. The van der Waals surface area contributed by atoms with E-state index in [-0.39, 0.29) is 48.5 Å². The van der Waals surface area contributed by atoms with Gasteiger partial charge in [-0.2, -0.15) is 4.31 Å². The van der Waals surface area contributed by atoms with Crippen LogP contribution in [0.5, 0.6) is 0 Å². The largest absolute Gasteiger partial charge is 0.394 e. The zero-order valence-electron chi connectivity index (χ0n) is 19.1. The number of carbonyl (C=O) groups is 1. The molecule has 2 aliphatic rings. The number of carbonyl (C=O) groups excluding carboxylic acids is 1. The lowest BCUT2D eigenvalue weighted by atomic mass is 9.74. The number of sulfonamides is 1. The van der Waals surface area contributed by atoms with Crippen LogP contribution in [0.15, 0.2) is 89.8 Å². The van der Waals surface area contributed by atoms with Gasteiger partial charge in [-0.05, 0) is 35.4 Å². The van der Waals surface area contributed by atoms with Gasteiger partial charge in [-0.25, -0.2) is 8.42 Å². The average Bonchev–Trinajstić information content (AvgIpc) is 2.87. The van der Waals surface area contributed by atoms with Gasteiger partial charge in [0.15, 0.2) is 0 Å². The van der Waals surface area contributed by atoms with Gasteiger partial charge in [0.25, 0.3) is 0 Å². The van der Waals surface area contributed by atoms with Crippen molar-refractivity contribution < 1.29 is 18.3 Å². The Kier molecular flexibility index (Phi) is 6.44. The first-order valence-electron chi connectivity index (χ1n) is 11.6. The summed E-state index contributed by atoms with van der Waals surface area (Å²) in [6, 6.07) is 25.4. The standard InChI is InChI=1S/C28H26N2O4S/c31-20-26-28(23-16-14-22(15-17-23)11-7-10-21-8-3-1-4-9-21)25-18-29(19-27(32)30(25)26)35(33,34)24-12-5-2-6-13-24/h1-6,8-9,12-17,25-26,28,31H,10,18-20H2/t25-,26-,28+/m1/s1. The minimum Gasteiger partial charge on any atom is -0.394 e. The molecule has 3 aromatic rings. The highest BCUT2D eigenvalue weighted by atomic mass is 32.2. The first kappa shape index (κ1) is 23.3. The Morgan fingerprint density at radius 2 is 1.57 bits per heavy atom. The van der Waals surface area contributed by atoms with Crippen LogP contribution in [0.25, 0.3) is 0 Å². The van der Waals surface area contributed by atoms with Crippen LogP contribution < -0.4 is 0 Å². The van der Waals surface area contributed by atoms with Crippen molar-refractivity contribution >= 4 is 15.9 Å². The van der Waals surface area contributed by atoms with Crippen molar-refractivity contribution in [1.29, 1.82) is 0 Å². The number of amides is 1. The number of hydrogen-bond donors (Lipinski definition) is 1. The lowest BCUT2D eigenvalue weighted by molar-refractivity contribution is -0.158. The van der Waals surface area contributed by atoms with Crippen LogP contribution in [0.2, 0.25) is 0 Å². The Labute approximate surface area is 205 Å². The molecule has 0 bridgehead atoms. The van der Waals surface area contributed by atoms with E-state index < -0.39 is 10.0 Å². The van der Waals surface area contributed by atoms with Crippen LogP contribution in [0.4, 0.5) is 0 Å². The van der Waals surface area contributed by atoms with E-state index in [0.29, 0.717) is 6.42 Å². The van der Waals surface area contributed by atoms with E-state index in [1.54, 1.807) is 35.2 Å². The number of benzene rings is 3. The minimum atomic E-state index is -3.78. The SMILES string of the molecule is O=C1CN(S(=O)(=O)c2ccccc2)C[C@@H]2[C@H](c3ccc(C#CCc4ccccc4)cc3)[C@@H](CO)N12. The molecule has 2 heterocycles. The fourth-order valence-corrected chi connectivity index (χ4v) is 6.46. The van der Waals surface area contributed by atoms with Gasteiger partial charge in [0.05, 0.1) is 30.1 Å². The monoisotopic (exact) mass is 486 g/mol. The Bertz CT molecular complexity index is 1360. The number of nitrogens with zero attached hydrogens (tertiary/aromatic N) is 2. The van der Waals surface area contributed by atoms with Crippen molar-refractivity contribution in [3.8, 4) is 11.8 Å². The van der Waals surface area contributed by atoms with Crippen LogP contribution in [0, 0.1) is 11.8 Å². The maximum atomic E-state index is 13.1. The molecule has 2 fully saturated rings. The van der Waals surface area contributed by atoms with Gasteiger partial charge in [0, 0.05) is 24.4 Å². The minimum absolute atomic E-state index is 0.149. The molecule has 2 aliphatic heterocycles. The van der Waals surface area contributed by atoms with Crippen LogP contribution in [0.3, 0.4) is 0 Å². The molecule has 35 heavy (non-hydrogen) atoms. The Hall–Kier alpha value is -3.44. The highest BCUT2D eigenvalue weighted by molar-refractivity contribution is 7.89. The summed E-state index contributed by atoms with van der Waals surface area (Å²) in [6.45, 7) is -0.188. The maximum absolute atomic E-state index is 13.1. The van der Waals surface area contributed by atoms with Crippen LogP contribution in [-0.2, 0) is 21.2 Å². The molecule has 1 amide bonds. The first-order chi connectivity index (χ1) is 17.0. The number of aliphatic hydroxyl groups is 1. The van der Waals surface area contributed by atoms with Crippen molar-refractivity contribution in [3.05, 3.63) is 102 Å². The van der Waals surface area contributed by atoms with Crippen molar-refractivity contribution in [3.63, 3.8) is 0 Å². The van der Waals surface area contributed by atoms with E-state index in [0.717, 1.165) is 16.7 Å². The van der Waals surface area contributed by atoms with Gasteiger partial charge in [0.1, 0.15) is 0 Å². The normalized spacial score (nSPS) is 22.0. The zero-order valence-corrected chi connectivity index (χ0v) is 19.9. The topological polar surface area (TPSA) is 77.9 Å². The van der Waals surface area contributed by atoms with Gasteiger partial charge in [-0.15, -0.1) is 0 Å². The van der Waals surface area contributed by atoms with Crippen molar-refractivity contribution in [2.24, 2.45) is 0 Å². The fourth-order valence-electron chi connectivity index (χ4n) is 5.03.